The summed E-state index contributed by atoms with van der Waals surface area (Å²) in [5.41, 5.74) is 0. The van der Waals surface area contributed by atoms with E-state index in [4.69, 9.17) is 4.74 Å². The number of aryl methyl sites for hydroxylation is 1. The average molecular weight is 324 g/mol. The molecule has 0 spiro atoms. The highest BCUT2D eigenvalue weighted by molar-refractivity contribution is 5.69. The van der Waals surface area contributed by atoms with E-state index in [0.29, 0.717) is 13.2 Å². The molecule has 0 N–H and O–H groups in total. The molecular formula is C19H35N2O2+. The lowest BCUT2D eigenvalue weighted by atomic mass is 10.1. The summed E-state index contributed by atoms with van der Waals surface area (Å²) in [6.45, 7) is 2.58. The van der Waals surface area contributed by atoms with Crippen LogP contribution in [0.5, 0.6) is 0 Å². The van der Waals surface area contributed by atoms with Gasteiger partial charge in [-0.1, -0.05) is 71.1 Å². The monoisotopic (exact) mass is 323 g/mol. The van der Waals surface area contributed by atoms with E-state index in [1.165, 1.54) is 57.8 Å². The van der Waals surface area contributed by atoms with Gasteiger partial charge in [-0.15, -0.1) is 0 Å². The molecule has 0 bridgehead atoms. The predicted octanol–water partition coefficient (Wildman–Crippen LogP) is 4.51. The maximum atomic E-state index is 11.6. The van der Waals surface area contributed by atoms with Crippen LogP contribution < -0.4 is 4.57 Å². The Morgan fingerprint density at radius 3 is 2.04 bits per heavy atom. The summed E-state index contributed by atoms with van der Waals surface area (Å²) in [6.07, 6.45) is 20.6. The van der Waals surface area contributed by atoms with Gasteiger partial charge >= 0.3 is 5.97 Å². The first-order valence-corrected chi connectivity index (χ1v) is 9.39. The summed E-state index contributed by atoms with van der Waals surface area (Å²) in [6, 6.07) is 0. The topological polar surface area (TPSA) is 35.1 Å². The van der Waals surface area contributed by atoms with Gasteiger partial charge < -0.3 is 4.74 Å². The van der Waals surface area contributed by atoms with Gasteiger partial charge in [0.05, 0.1) is 7.05 Å². The summed E-state index contributed by atoms with van der Waals surface area (Å²) in [5.74, 6) is -0.0859. The quantitative estimate of drug-likeness (QED) is 0.287. The summed E-state index contributed by atoms with van der Waals surface area (Å²) in [4.78, 5) is 11.6. The Kier molecular flexibility index (Phi) is 11.3. The van der Waals surface area contributed by atoms with E-state index in [9.17, 15) is 4.79 Å². The van der Waals surface area contributed by atoms with Gasteiger partial charge in [-0.3, -0.25) is 4.79 Å². The molecule has 0 fully saturated rings. The first-order chi connectivity index (χ1) is 11.2. The van der Waals surface area contributed by atoms with Crippen LogP contribution in [0.25, 0.3) is 0 Å². The van der Waals surface area contributed by atoms with Crippen molar-refractivity contribution in [1.29, 1.82) is 0 Å². The molecule has 1 aromatic rings. The number of aromatic nitrogens is 2. The number of hydrogen-bond acceptors (Lipinski definition) is 2. The molecule has 4 nitrogen and oxygen atoms in total. The van der Waals surface area contributed by atoms with E-state index in [2.05, 4.69) is 6.92 Å². The molecule has 0 aliphatic carbocycles. The molecular weight excluding hydrogens is 288 g/mol. The minimum absolute atomic E-state index is 0.0859. The number of nitrogens with zero attached hydrogens (tertiary/aromatic N) is 2. The van der Waals surface area contributed by atoms with Crippen molar-refractivity contribution in [3.05, 3.63) is 18.7 Å². The van der Waals surface area contributed by atoms with Gasteiger partial charge in [0.1, 0.15) is 12.4 Å². The van der Waals surface area contributed by atoms with Crippen LogP contribution in [0, 0.1) is 0 Å². The minimum atomic E-state index is -0.0859. The number of esters is 1. The Morgan fingerprint density at radius 2 is 1.52 bits per heavy atom. The molecule has 132 valence electrons. The van der Waals surface area contributed by atoms with Crippen molar-refractivity contribution in [2.24, 2.45) is 7.05 Å². The second kappa shape index (κ2) is 13.1. The second-order valence-corrected chi connectivity index (χ2v) is 6.52. The third kappa shape index (κ3) is 10.9. The fourth-order valence-corrected chi connectivity index (χ4v) is 2.73. The zero-order valence-corrected chi connectivity index (χ0v) is 15.1. The van der Waals surface area contributed by atoms with Crippen molar-refractivity contribution in [3.63, 3.8) is 0 Å². The molecule has 0 amide bonds. The van der Waals surface area contributed by atoms with Crippen LogP contribution in [0.1, 0.15) is 84.0 Å². The van der Waals surface area contributed by atoms with Crippen molar-refractivity contribution < 1.29 is 14.1 Å². The second-order valence-electron chi connectivity index (χ2n) is 6.52. The Hall–Kier alpha value is -1.32. The lowest BCUT2D eigenvalue weighted by Gasteiger charge is -2.03. The van der Waals surface area contributed by atoms with E-state index in [-0.39, 0.29) is 5.97 Å². The van der Waals surface area contributed by atoms with E-state index < -0.39 is 0 Å². The zero-order valence-electron chi connectivity index (χ0n) is 15.1. The number of ether oxygens (including phenoxy) is 1. The lowest BCUT2D eigenvalue weighted by molar-refractivity contribution is -0.671. The molecule has 4 heteroatoms. The fourth-order valence-electron chi connectivity index (χ4n) is 2.73. The molecule has 0 unspecified atom stereocenters. The smallest absolute Gasteiger partial charge is 0.308 e. The molecule has 0 saturated carbocycles. The van der Waals surface area contributed by atoms with Gasteiger partial charge in [-0.05, 0) is 6.42 Å². The lowest BCUT2D eigenvalue weighted by Crippen LogP contribution is -2.24. The first kappa shape index (κ1) is 19.7. The number of carbonyl (C=O) groups is 1. The van der Waals surface area contributed by atoms with Gasteiger partial charge in [-0.2, -0.15) is 0 Å². The Bertz CT molecular complexity index is 415. The third-order valence-electron chi connectivity index (χ3n) is 4.18. The van der Waals surface area contributed by atoms with Gasteiger partial charge in [-0.25, -0.2) is 9.13 Å². The van der Waals surface area contributed by atoms with Gasteiger partial charge in [0.2, 0.25) is 13.1 Å². The number of rotatable bonds is 14. The molecule has 1 rings (SSSR count). The van der Waals surface area contributed by atoms with Crippen LogP contribution in [-0.4, -0.2) is 10.5 Å². The molecule has 0 aromatic carbocycles. The Morgan fingerprint density at radius 1 is 0.957 bits per heavy atom. The zero-order chi connectivity index (χ0) is 16.8. The number of hydrogen-bond donors (Lipinski definition) is 0. The van der Waals surface area contributed by atoms with E-state index in [0.717, 1.165) is 12.8 Å². The summed E-state index contributed by atoms with van der Waals surface area (Å²) in [5, 5.41) is 0. The van der Waals surface area contributed by atoms with Gasteiger partial charge in [0.15, 0.2) is 0 Å². The van der Waals surface area contributed by atoms with Crippen molar-refractivity contribution in [1.82, 2.24) is 4.57 Å². The largest absolute Gasteiger partial charge is 0.425 e. The van der Waals surface area contributed by atoms with Crippen molar-refractivity contribution in [2.75, 3.05) is 0 Å². The molecule has 23 heavy (non-hydrogen) atoms. The van der Waals surface area contributed by atoms with Crippen molar-refractivity contribution >= 4 is 5.97 Å². The maximum Gasteiger partial charge on any atom is 0.308 e. The molecule has 1 heterocycles. The predicted molar refractivity (Wildman–Crippen MR) is 92.8 cm³/mol. The Balaban J connectivity index is 1.84. The summed E-state index contributed by atoms with van der Waals surface area (Å²) >= 11 is 0. The van der Waals surface area contributed by atoms with Gasteiger partial charge in [0.25, 0.3) is 0 Å². The van der Waals surface area contributed by atoms with Crippen LogP contribution in [-0.2, 0) is 23.3 Å². The highest BCUT2D eigenvalue weighted by Crippen LogP contribution is 2.12. The normalized spacial score (nSPS) is 10.9. The van der Waals surface area contributed by atoms with Crippen molar-refractivity contribution in [3.8, 4) is 0 Å². The molecule has 0 saturated heterocycles. The van der Waals surface area contributed by atoms with Crippen molar-refractivity contribution in [2.45, 2.75) is 90.7 Å². The summed E-state index contributed by atoms with van der Waals surface area (Å²) < 4.78 is 9.03. The summed E-state index contributed by atoms with van der Waals surface area (Å²) in [7, 11) is 1.95. The molecule has 0 atom stereocenters. The first-order valence-electron chi connectivity index (χ1n) is 9.39. The Labute approximate surface area is 141 Å². The van der Waals surface area contributed by atoms with Crippen LogP contribution >= 0.6 is 0 Å². The highest BCUT2D eigenvalue weighted by atomic mass is 16.5. The average Bonchev–Trinajstić information content (AvgIpc) is 2.96. The maximum absolute atomic E-state index is 11.6. The standard InChI is InChI=1S/C19H35N2O2/c1-3-4-5-6-7-8-9-10-11-12-13-14-19(22)23-18-21-16-15-20(2)17-21/h15-17H,3-14,18H2,1-2H3/q+1. The third-order valence-corrected chi connectivity index (χ3v) is 4.18. The van der Waals surface area contributed by atoms with Gasteiger partial charge in [0, 0.05) is 6.42 Å². The van der Waals surface area contributed by atoms with E-state index in [1.54, 1.807) is 0 Å². The van der Waals surface area contributed by atoms with Crippen LogP contribution in [0.15, 0.2) is 18.7 Å². The number of carbonyl (C=O) groups excluding carboxylic acids is 1. The number of unbranched alkanes of at least 4 members (excludes halogenated alkanes) is 10. The SMILES string of the molecule is CCCCCCCCCCCCCC(=O)OCn1cc[n+](C)c1. The van der Waals surface area contributed by atoms with Crippen LogP contribution in [0.3, 0.4) is 0 Å². The molecule has 0 aliphatic heterocycles. The van der Waals surface area contributed by atoms with Crippen LogP contribution in [0.4, 0.5) is 0 Å². The minimum Gasteiger partial charge on any atom is -0.425 e. The molecule has 1 aromatic heterocycles. The highest BCUT2D eigenvalue weighted by Gasteiger charge is 2.05. The fraction of sp³-hybridized carbons (Fsp3) is 0.789. The number of imidazole rings is 1. The molecule has 0 aliphatic rings. The van der Waals surface area contributed by atoms with Crippen LogP contribution in [0.2, 0.25) is 0 Å². The van der Waals surface area contributed by atoms with E-state index in [1.807, 2.05) is 34.9 Å². The van der Waals surface area contributed by atoms with E-state index >= 15 is 0 Å². The molecule has 0 radical (unpaired) electrons.